The molecule has 2 aromatic carbocycles. The SMILES string of the molecule is CN(C)c1ccc(C(CNC(=O)C(=O)NCCc2ccc(F)cc2)N2CCCC2)cc1. The standard InChI is InChI=1S/C24H31FN4O2/c1-28(2)21-11-7-19(8-12-21)22(29-15-3-4-16-29)17-27-24(31)23(30)26-14-13-18-5-9-20(25)10-6-18/h5-12,22H,3-4,13-17H2,1-2H3,(H,26,30)(H,27,31). The van der Waals surface area contributed by atoms with Crippen LogP contribution < -0.4 is 15.5 Å². The maximum atomic E-state index is 13.0. The Hall–Kier alpha value is -2.93. The van der Waals surface area contributed by atoms with Crippen molar-refractivity contribution in [1.82, 2.24) is 15.5 Å². The van der Waals surface area contributed by atoms with E-state index in [-0.39, 0.29) is 11.9 Å². The largest absolute Gasteiger partial charge is 0.378 e. The first-order valence-corrected chi connectivity index (χ1v) is 10.8. The second-order valence-corrected chi connectivity index (χ2v) is 8.09. The van der Waals surface area contributed by atoms with Gasteiger partial charge in [-0.25, -0.2) is 4.39 Å². The minimum Gasteiger partial charge on any atom is -0.378 e. The Labute approximate surface area is 183 Å². The highest BCUT2D eigenvalue weighted by molar-refractivity contribution is 6.35. The Bertz CT molecular complexity index is 862. The van der Waals surface area contributed by atoms with Crippen LogP contribution in [0.4, 0.5) is 10.1 Å². The molecule has 1 heterocycles. The summed E-state index contributed by atoms with van der Waals surface area (Å²) in [5.41, 5.74) is 3.15. The zero-order valence-corrected chi connectivity index (χ0v) is 18.2. The summed E-state index contributed by atoms with van der Waals surface area (Å²) in [5.74, 6) is -1.57. The Morgan fingerprint density at radius 3 is 2.19 bits per heavy atom. The molecule has 0 bridgehead atoms. The average molecular weight is 427 g/mol. The molecule has 2 aromatic rings. The first-order chi connectivity index (χ1) is 14.9. The molecule has 3 rings (SSSR count). The summed E-state index contributed by atoms with van der Waals surface area (Å²) in [5, 5.41) is 5.43. The lowest BCUT2D eigenvalue weighted by atomic mass is 10.0. The van der Waals surface area contributed by atoms with E-state index in [9.17, 15) is 14.0 Å². The molecule has 7 heteroatoms. The van der Waals surface area contributed by atoms with Crippen molar-refractivity contribution in [2.24, 2.45) is 0 Å². The molecule has 0 aromatic heterocycles. The number of hydrogen-bond acceptors (Lipinski definition) is 4. The van der Waals surface area contributed by atoms with E-state index in [2.05, 4.69) is 39.8 Å². The summed E-state index contributed by atoms with van der Waals surface area (Å²) in [6, 6.07) is 14.5. The fourth-order valence-corrected chi connectivity index (χ4v) is 3.83. The van der Waals surface area contributed by atoms with Gasteiger partial charge in [0.1, 0.15) is 5.82 Å². The van der Waals surface area contributed by atoms with Gasteiger partial charge in [-0.2, -0.15) is 0 Å². The Morgan fingerprint density at radius 1 is 0.968 bits per heavy atom. The molecule has 1 fully saturated rings. The first kappa shape index (κ1) is 22.7. The van der Waals surface area contributed by atoms with Gasteiger partial charge >= 0.3 is 11.8 Å². The molecule has 0 radical (unpaired) electrons. The van der Waals surface area contributed by atoms with Crippen LogP contribution in [0.5, 0.6) is 0 Å². The highest BCUT2D eigenvalue weighted by atomic mass is 19.1. The monoisotopic (exact) mass is 426 g/mol. The van der Waals surface area contributed by atoms with E-state index in [1.807, 2.05) is 19.0 Å². The topological polar surface area (TPSA) is 64.7 Å². The maximum Gasteiger partial charge on any atom is 0.309 e. The van der Waals surface area contributed by atoms with Crippen molar-refractivity contribution < 1.29 is 14.0 Å². The van der Waals surface area contributed by atoms with E-state index < -0.39 is 11.8 Å². The van der Waals surface area contributed by atoms with E-state index in [1.54, 1.807) is 12.1 Å². The minimum atomic E-state index is -0.648. The molecular weight excluding hydrogens is 395 g/mol. The van der Waals surface area contributed by atoms with Crippen LogP contribution in [0.25, 0.3) is 0 Å². The molecule has 6 nitrogen and oxygen atoms in total. The van der Waals surface area contributed by atoms with Crippen LogP contribution in [0.1, 0.15) is 30.0 Å². The van der Waals surface area contributed by atoms with Gasteiger partial charge in [0.05, 0.1) is 6.04 Å². The van der Waals surface area contributed by atoms with Crippen LogP contribution in [0, 0.1) is 5.82 Å². The van der Waals surface area contributed by atoms with E-state index in [1.165, 1.54) is 12.1 Å². The van der Waals surface area contributed by atoms with Crippen LogP contribution in [-0.4, -0.2) is 57.0 Å². The summed E-state index contributed by atoms with van der Waals surface area (Å²) in [6.45, 7) is 2.67. The normalized spacial score (nSPS) is 14.8. The van der Waals surface area contributed by atoms with Crippen molar-refractivity contribution >= 4 is 17.5 Å². The summed E-state index contributed by atoms with van der Waals surface area (Å²) < 4.78 is 13.0. The van der Waals surface area contributed by atoms with E-state index in [4.69, 9.17) is 0 Å². The fourth-order valence-electron chi connectivity index (χ4n) is 3.83. The lowest BCUT2D eigenvalue weighted by Crippen LogP contribution is -2.44. The van der Waals surface area contributed by atoms with Crippen LogP contribution in [-0.2, 0) is 16.0 Å². The number of likely N-dealkylation sites (tertiary alicyclic amines) is 1. The third kappa shape index (κ3) is 6.52. The van der Waals surface area contributed by atoms with Crippen molar-refractivity contribution in [3.05, 3.63) is 65.5 Å². The van der Waals surface area contributed by atoms with Gasteiger partial charge in [0.15, 0.2) is 0 Å². The highest BCUT2D eigenvalue weighted by Gasteiger charge is 2.25. The minimum absolute atomic E-state index is 0.0367. The first-order valence-electron chi connectivity index (χ1n) is 10.8. The Morgan fingerprint density at radius 2 is 1.58 bits per heavy atom. The van der Waals surface area contributed by atoms with Gasteiger partial charge in [-0.3, -0.25) is 14.5 Å². The fraction of sp³-hybridized carbons (Fsp3) is 0.417. The molecule has 0 spiro atoms. The van der Waals surface area contributed by atoms with Crippen molar-refractivity contribution in [2.45, 2.75) is 25.3 Å². The summed E-state index contributed by atoms with van der Waals surface area (Å²) in [7, 11) is 4.00. The van der Waals surface area contributed by atoms with Crippen LogP contribution in [0.3, 0.4) is 0 Å². The van der Waals surface area contributed by atoms with Gasteiger partial charge in [-0.15, -0.1) is 0 Å². The second-order valence-electron chi connectivity index (χ2n) is 8.09. The Kier molecular flexibility index (Phi) is 8.00. The molecular formula is C24H31FN4O2. The van der Waals surface area contributed by atoms with Gasteiger partial charge < -0.3 is 15.5 Å². The highest BCUT2D eigenvalue weighted by Crippen LogP contribution is 2.26. The lowest BCUT2D eigenvalue weighted by molar-refractivity contribution is -0.139. The molecule has 2 N–H and O–H groups in total. The zero-order valence-electron chi connectivity index (χ0n) is 18.2. The smallest absolute Gasteiger partial charge is 0.309 e. The van der Waals surface area contributed by atoms with Crippen LogP contribution in [0.2, 0.25) is 0 Å². The van der Waals surface area contributed by atoms with Crippen molar-refractivity contribution in [2.75, 3.05) is 45.2 Å². The molecule has 1 aliphatic rings. The molecule has 1 atom stereocenters. The van der Waals surface area contributed by atoms with Gasteiger partial charge in [0.2, 0.25) is 0 Å². The number of carbonyl (C=O) groups is 2. The maximum absolute atomic E-state index is 13.0. The quantitative estimate of drug-likeness (QED) is 0.637. The van der Waals surface area contributed by atoms with Crippen molar-refractivity contribution in [3.8, 4) is 0 Å². The average Bonchev–Trinajstić information content (AvgIpc) is 3.30. The predicted molar refractivity (Wildman–Crippen MR) is 120 cm³/mol. The summed E-state index contributed by atoms with van der Waals surface area (Å²) in [4.78, 5) is 28.9. The number of carbonyl (C=O) groups excluding carboxylic acids is 2. The molecule has 0 saturated carbocycles. The van der Waals surface area contributed by atoms with E-state index in [0.717, 1.165) is 42.7 Å². The number of rotatable bonds is 8. The van der Waals surface area contributed by atoms with Gasteiger partial charge in [0, 0.05) is 32.9 Å². The summed E-state index contributed by atoms with van der Waals surface area (Å²) in [6.07, 6.45) is 2.82. The van der Waals surface area contributed by atoms with E-state index >= 15 is 0 Å². The second kappa shape index (κ2) is 10.9. The third-order valence-electron chi connectivity index (χ3n) is 5.65. The Balaban J connectivity index is 1.52. The molecule has 166 valence electrons. The zero-order chi connectivity index (χ0) is 22.2. The van der Waals surface area contributed by atoms with Gasteiger partial charge in [0.25, 0.3) is 0 Å². The lowest BCUT2D eigenvalue weighted by Gasteiger charge is -2.28. The molecule has 2 amide bonds. The number of nitrogens with one attached hydrogen (secondary N) is 2. The van der Waals surface area contributed by atoms with Crippen LogP contribution >= 0.6 is 0 Å². The number of anilines is 1. The van der Waals surface area contributed by atoms with Crippen molar-refractivity contribution in [3.63, 3.8) is 0 Å². The van der Waals surface area contributed by atoms with Gasteiger partial charge in [-0.1, -0.05) is 24.3 Å². The number of halogens is 1. The van der Waals surface area contributed by atoms with Crippen LogP contribution in [0.15, 0.2) is 48.5 Å². The molecule has 0 aliphatic carbocycles. The number of amides is 2. The van der Waals surface area contributed by atoms with Crippen molar-refractivity contribution in [1.29, 1.82) is 0 Å². The van der Waals surface area contributed by atoms with E-state index in [0.29, 0.717) is 19.5 Å². The third-order valence-corrected chi connectivity index (χ3v) is 5.65. The number of benzene rings is 2. The summed E-state index contributed by atoms with van der Waals surface area (Å²) >= 11 is 0. The molecule has 1 aliphatic heterocycles. The number of hydrogen-bond donors (Lipinski definition) is 2. The molecule has 31 heavy (non-hydrogen) atoms. The van der Waals surface area contributed by atoms with Gasteiger partial charge in [-0.05, 0) is 67.7 Å². The predicted octanol–water partition coefficient (Wildman–Crippen LogP) is 2.50. The molecule has 1 saturated heterocycles. The molecule has 1 unspecified atom stereocenters. The number of nitrogens with zero attached hydrogens (tertiary/aromatic N) is 2.